The standard InChI is InChI=1S/C8H9ClINO/c1-5(2)12-7-3-6(10)4-11-8(7)9/h3-5H,1-2H3. The molecule has 0 aliphatic heterocycles. The summed E-state index contributed by atoms with van der Waals surface area (Å²) in [7, 11) is 0. The Morgan fingerprint density at radius 2 is 2.25 bits per heavy atom. The van der Waals surface area contributed by atoms with Crippen LogP contribution in [0.15, 0.2) is 12.3 Å². The van der Waals surface area contributed by atoms with Crippen LogP contribution in [-0.4, -0.2) is 11.1 Å². The second kappa shape index (κ2) is 4.28. The largest absolute Gasteiger partial charge is 0.488 e. The molecular weight excluding hydrogens is 288 g/mol. The summed E-state index contributed by atoms with van der Waals surface area (Å²) in [6.45, 7) is 3.91. The smallest absolute Gasteiger partial charge is 0.171 e. The van der Waals surface area contributed by atoms with Crippen LogP contribution in [0.3, 0.4) is 0 Å². The fourth-order valence-corrected chi connectivity index (χ4v) is 1.31. The Hall–Kier alpha value is -0.0300. The van der Waals surface area contributed by atoms with E-state index >= 15 is 0 Å². The lowest BCUT2D eigenvalue weighted by molar-refractivity contribution is 0.241. The van der Waals surface area contributed by atoms with Crippen LogP contribution in [0.25, 0.3) is 0 Å². The van der Waals surface area contributed by atoms with Gasteiger partial charge in [-0.25, -0.2) is 4.98 Å². The Labute approximate surface area is 90.4 Å². The Morgan fingerprint density at radius 3 is 2.83 bits per heavy atom. The van der Waals surface area contributed by atoms with Gasteiger partial charge in [-0.3, -0.25) is 0 Å². The van der Waals surface area contributed by atoms with Gasteiger partial charge in [-0.2, -0.15) is 0 Å². The number of hydrogen-bond acceptors (Lipinski definition) is 2. The van der Waals surface area contributed by atoms with E-state index in [0.29, 0.717) is 10.9 Å². The zero-order valence-corrected chi connectivity index (χ0v) is 9.76. The van der Waals surface area contributed by atoms with Crippen molar-refractivity contribution in [3.63, 3.8) is 0 Å². The van der Waals surface area contributed by atoms with Gasteiger partial charge < -0.3 is 4.74 Å². The summed E-state index contributed by atoms with van der Waals surface area (Å²) in [5.74, 6) is 0.651. The molecule has 1 aromatic heterocycles. The molecule has 1 heterocycles. The fourth-order valence-electron chi connectivity index (χ4n) is 0.741. The predicted molar refractivity (Wildman–Crippen MR) is 57.7 cm³/mol. The molecule has 0 radical (unpaired) electrons. The quantitative estimate of drug-likeness (QED) is 0.618. The van der Waals surface area contributed by atoms with Crippen LogP contribution in [0.5, 0.6) is 5.75 Å². The highest BCUT2D eigenvalue weighted by atomic mass is 127. The second-order valence-electron chi connectivity index (χ2n) is 2.61. The maximum absolute atomic E-state index is 5.80. The summed E-state index contributed by atoms with van der Waals surface area (Å²) in [5, 5.41) is 0.420. The molecule has 0 N–H and O–H groups in total. The molecule has 0 aromatic carbocycles. The molecule has 0 aliphatic rings. The van der Waals surface area contributed by atoms with Gasteiger partial charge in [0.25, 0.3) is 0 Å². The van der Waals surface area contributed by atoms with E-state index in [1.165, 1.54) is 0 Å². The molecule has 1 rings (SSSR count). The van der Waals surface area contributed by atoms with Gasteiger partial charge in [0, 0.05) is 9.77 Å². The topological polar surface area (TPSA) is 22.1 Å². The van der Waals surface area contributed by atoms with Crippen molar-refractivity contribution in [2.24, 2.45) is 0 Å². The number of pyridine rings is 1. The van der Waals surface area contributed by atoms with Crippen LogP contribution >= 0.6 is 34.2 Å². The highest BCUT2D eigenvalue weighted by molar-refractivity contribution is 14.1. The number of aromatic nitrogens is 1. The van der Waals surface area contributed by atoms with E-state index in [4.69, 9.17) is 16.3 Å². The molecule has 0 unspecified atom stereocenters. The van der Waals surface area contributed by atoms with Crippen LogP contribution < -0.4 is 4.74 Å². The number of hydrogen-bond donors (Lipinski definition) is 0. The van der Waals surface area contributed by atoms with Gasteiger partial charge in [0.1, 0.15) is 0 Å². The third kappa shape index (κ3) is 2.79. The van der Waals surface area contributed by atoms with Crippen LogP contribution in [0, 0.1) is 3.57 Å². The van der Waals surface area contributed by atoms with Crippen LogP contribution in [-0.2, 0) is 0 Å². The summed E-state index contributed by atoms with van der Waals surface area (Å²) in [6.07, 6.45) is 1.83. The molecule has 0 fully saturated rings. The molecule has 0 amide bonds. The Bertz CT molecular complexity index is 278. The third-order valence-corrected chi connectivity index (χ3v) is 2.01. The maximum Gasteiger partial charge on any atom is 0.171 e. The van der Waals surface area contributed by atoms with E-state index in [9.17, 15) is 0 Å². The first-order chi connectivity index (χ1) is 5.59. The summed E-state index contributed by atoms with van der Waals surface area (Å²) in [4.78, 5) is 3.96. The molecule has 66 valence electrons. The number of ether oxygens (including phenoxy) is 1. The van der Waals surface area contributed by atoms with Crippen molar-refractivity contribution in [1.82, 2.24) is 4.98 Å². The Morgan fingerprint density at radius 1 is 1.58 bits per heavy atom. The van der Waals surface area contributed by atoms with E-state index in [0.717, 1.165) is 3.57 Å². The van der Waals surface area contributed by atoms with Gasteiger partial charge in [-0.05, 0) is 42.5 Å². The molecule has 0 bridgehead atoms. The van der Waals surface area contributed by atoms with Gasteiger partial charge in [0.15, 0.2) is 10.9 Å². The molecule has 4 heteroatoms. The van der Waals surface area contributed by atoms with E-state index in [1.807, 2.05) is 19.9 Å². The van der Waals surface area contributed by atoms with Crippen molar-refractivity contribution in [3.05, 3.63) is 21.0 Å². The zero-order valence-electron chi connectivity index (χ0n) is 6.84. The molecule has 2 nitrogen and oxygen atoms in total. The van der Waals surface area contributed by atoms with Crippen LogP contribution in [0.4, 0.5) is 0 Å². The van der Waals surface area contributed by atoms with Crippen molar-refractivity contribution in [1.29, 1.82) is 0 Å². The van der Waals surface area contributed by atoms with Gasteiger partial charge >= 0.3 is 0 Å². The highest BCUT2D eigenvalue weighted by Crippen LogP contribution is 2.24. The van der Waals surface area contributed by atoms with Crippen molar-refractivity contribution in [2.45, 2.75) is 20.0 Å². The molecule has 0 saturated carbocycles. The zero-order chi connectivity index (χ0) is 9.14. The molecule has 0 saturated heterocycles. The molecule has 12 heavy (non-hydrogen) atoms. The Balaban J connectivity index is 2.90. The summed E-state index contributed by atoms with van der Waals surface area (Å²) < 4.78 is 6.45. The molecular formula is C8H9ClINO. The summed E-state index contributed by atoms with van der Waals surface area (Å²) in [6, 6.07) is 1.87. The first kappa shape index (κ1) is 10.1. The van der Waals surface area contributed by atoms with Gasteiger partial charge in [0.2, 0.25) is 0 Å². The number of rotatable bonds is 2. The minimum atomic E-state index is 0.127. The number of halogens is 2. The third-order valence-electron chi connectivity index (χ3n) is 1.14. The first-order valence-electron chi connectivity index (χ1n) is 3.57. The lowest BCUT2D eigenvalue weighted by Crippen LogP contribution is -2.06. The predicted octanol–water partition coefficient (Wildman–Crippen LogP) is 3.13. The molecule has 1 aromatic rings. The first-order valence-corrected chi connectivity index (χ1v) is 5.03. The summed E-state index contributed by atoms with van der Waals surface area (Å²) >= 11 is 7.97. The summed E-state index contributed by atoms with van der Waals surface area (Å²) in [5.41, 5.74) is 0. The van der Waals surface area contributed by atoms with Gasteiger partial charge in [0.05, 0.1) is 6.10 Å². The van der Waals surface area contributed by atoms with Gasteiger partial charge in [-0.1, -0.05) is 11.6 Å². The van der Waals surface area contributed by atoms with E-state index in [2.05, 4.69) is 27.6 Å². The molecule has 0 spiro atoms. The Kier molecular flexibility index (Phi) is 3.58. The lowest BCUT2D eigenvalue weighted by Gasteiger charge is -2.10. The van der Waals surface area contributed by atoms with E-state index in [-0.39, 0.29) is 6.10 Å². The average Bonchev–Trinajstić information content (AvgIpc) is 1.96. The van der Waals surface area contributed by atoms with Crippen molar-refractivity contribution in [2.75, 3.05) is 0 Å². The fraction of sp³-hybridized carbons (Fsp3) is 0.375. The maximum atomic E-state index is 5.80. The number of nitrogens with zero attached hydrogens (tertiary/aromatic N) is 1. The lowest BCUT2D eigenvalue weighted by atomic mass is 10.4. The average molecular weight is 298 g/mol. The minimum Gasteiger partial charge on any atom is -0.488 e. The van der Waals surface area contributed by atoms with Crippen LogP contribution in [0.1, 0.15) is 13.8 Å². The SMILES string of the molecule is CC(C)Oc1cc(I)cnc1Cl. The second-order valence-corrected chi connectivity index (χ2v) is 4.21. The normalized spacial score (nSPS) is 10.4. The van der Waals surface area contributed by atoms with E-state index in [1.54, 1.807) is 6.20 Å². The van der Waals surface area contributed by atoms with Crippen LogP contribution in [0.2, 0.25) is 5.15 Å². The highest BCUT2D eigenvalue weighted by Gasteiger charge is 2.04. The van der Waals surface area contributed by atoms with Crippen molar-refractivity contribution < 1.29 is 4.74 Å². The monoisotopic (exact) mass is 297 g/mol. The van der Waals surface area contributed by atoms with Gasteiger partial charge in [-0.15, -0.1) is 0 Å². The van der Waals surface area contributed by atoms with E-state index < -0.39 is 0 Å². The molecule has 0 aliphatic carbocycles. The van der Waals surface area contributed by atoms with Crippen molar-refractivity contribution in [3.8, 4) is 5.75 Å². The minimum absolute atomic E-state index is 0.127. The van der Waals surface area contributed by atoms with Crippen molar-refractivity contribution >= 4 is 34.2 Å². The molecule has 0 atom stereocenters.